The van der Waals surface area contributed by atoms with Crippen molar-refractivity contribution in [2.45, 2.75) is 62.6 Å². The SMILES string of the molecule is Cc1ccc(S(=O)(=O)N(CC(=O)N(Cc2c(Cl)cccc2Cl)[C@@H](Cc2ccccc2)C(=O)NC2CCCC2)c2ccc(Oc3ccccc3)cc2)cc1. The molecule has 0 heterocycles. The maximum absolute atomic E-state index is 14.9. The molecule has 1 saturated carbocycles. The van der Waals surface area contributed by atoms with Crippen molar-refractivity contribution in [3.05, 3.63) is 154 Å². The number of nitrogens with one attached hydrogen (secondary N) is 1. The van der Waals surface area contributed by atoms with Crippen molar-refractivity contribution in [2.24, 2.45) is 0 Å². The molecule has 1 atom stereocenters. The topological polar surface area (TPSA) is 96.0 Å². The Morgan fingerprint density at radius 1 is 0.774 bits per heavy atom. The third-order valence-corrected chi connectivity index (χ3v) is 11.9. The lowest BCUT2D eigenvalue weighted by atomic mass is 10.0. The van der Waals surface area contributed by atoms with Crippen LogP contribution in [0, 0.1) is 6.92 Å². The quantitative estimate of drug-likeness (QED) is 0.122. The number of halogens is 2. The van der Waals surface area contributed by atoms with E-state index in [1.807, 2.05) is 67.6 Å². The summed E-state index contributed by atoms with van der Waals surface area (Å²) in [7, 11) is -4.29. The monoisotopic (exact) mass is 769 g/mol. The zero-order valence-electron chi connectivity index (χ0n) is 29.3. The first-order valence-electron chi connectivity index (χ1n) is 17.6. The first-order chi connectivity index (χ1) is 25.6. The molecule has 8 nitrogen and oxygen atoms in total. The van der Waals surface area contributed by atoms with Crippen LogP contribution < -0.4 is 14.4 Å². The highest BCUT2D eigenvalue weighted by Gasteiger charge is 2.36. The third kappa shape index (κ3) is 9.59. The van der Waals surface area contributed by atoms with Crippen molar-refractivity contribution >= 4 is 50.7 Å². The summed E-state index contributed by atoms with van der Waals surface area (Å²) < 4.78 is 36.0. The van der Waals surface area contributed by atoms with E-state index < -0.39 is 28.5 Å². The maximum Gasteiger partial charge on any atom is 0.264 e. The molecule has 0 aliphatic heterocycles. The number of benzene rings is 5. The fraction of sp³-hybridized carbons (Fsp3) is 0.238. The van der Waals surface area contributed by atoms with Crippen LogP contribution in [-0.4, -0.2) is 43.8 Å². The van der Waals surface area contributed by atoms with E-state index in [1.165, 1.54) is 17.0 Å². The normalized spacial score (nSPS) is 13.6. The Bertz CT molecular complexity index is 2090. The first-order valence-corrected chi connectivity index (χ1v) is 19.8. The van der Waals surface area contributed by atoms with E-state index in [2.05, 4.69) is 5.32 Å². The zero-order valence-corrected chi connectivity index (χ0v) is 31.7. The zero-order chi connectivity index (χ0) is 37.4. The lowest BCUT2D eigenvalue weighted by Gasteiger charge is -2.34. The highest BCUT2D eigenvalue weighted by Crippen LogP contribution is 2.31. The summed E-state index contributed by atoms with van der Waals surface area (Å²) in [6.07, 6.45) is 3.89. The van der Waals surface area contributed by atoms with E-state index in [9.17, 15) is 18.0 Å². The van der Waals surface area contributed by atoms with Gasteiger partial charge in [-0.25, -0.2) is 8.42 Å². The van der Waals surface area contributed by atoms with Crippen LogP contribution in [0.2, 0.25) is 10.0 Å². The number of para-hydroxylation sites is 1. The number of hydrogen-bond acceptors (Lipinski definition) is 5. The molecule has 0 spiro atoms. The highest BCUT2D eigenvalue weighted by atomic mass is 35.5. The molecule has 1 N–H and O–H groups in total. The molecule has 0 saturated heterocycles. The minimum absolute atomic E-state index is 0.0148. The molecule has 0 aromatic heterocycles. The van der Waals surface area contributed by atoms with Crippen LogP contribution in [0.4, 0.5) is 5.69 Å². The number of amides is 2. The van der Waals surface area contributed by atoms with Gasteiger partial charge in [0.05, 0.1) is 10.6 Å². The van der Waals surface area contributed by atoms with Crippen LogP contribution in [0.25, 0.3) is 0 Å². The Morgan fingerprint density at radius 3 is 1.98 bits per heavy atom. The Morgan fingerprint density at radius 2 is 1.36 bits per heavy atom. The number of ether oxygens (including phenoxy) is 1. The minimum Gasteiger partial charge on any atom is -0.457 e. The van der Waals surface area contributed by atoms with Gasteiger partial charge in [0.2, 0.25) is 11.8 Å². The van der Waals surface area contributed by atoms with Crippen LogP contribution in [0.5, 0.6) is 11.5 Å². The van der Waals surface area contributed by atoms with Gasteiger partial charge in [0.25, 0.3) is 10.0 Å². The van der Waals surface area contributed by atoms with Gasteiger partial charge in [-0.15, -0.1) is 0 Å². The summed E-state index contributed by atoms with van der Waals surface area (Å²) in [5.41, 5.74) is 2.41. The van der Waals surface area contributed by atoms with Crippen LogP contribution in [0.15, 0.2) is 132 Å². The standard InChI is InChI=1S/C42H41Cl2N3O5S/c1-30-19-25-36(26-20-30)53(50,51)47(33-21-23-35(24-22-33)52-34-15-6-3-7-16-34)29-41(48)46(28-37-38(43)17-10-18-39(37)44)40(27-31-11-4-2-5-12-31)42(49)45-32-13-8-9-14-32/h2-7,10-12,15-26,32,40H,8-9,13-14,27-29H2,1H3,(H,45,49)/t40-/m0/s1. The van der Waals surface area contributed by atoms with Gasteiger partial charge >= 0.3 is 0 Å². The van der Waals surface area contributed by atoms with E-state index in [4.69, 9.17) is 27.9 Å². The number of nitrogens with zero attached hydrogens (tertiary/aromatic N) is 2. The molecule has 53 heavy (non-hydrogen) atoms. The third-order valence-electron chi connectivity index (χ3n) is 9.35. The number of carbonyl (C=O) groups excluding carboxylic acids is 2. The van der Waals surface area contributed by atoms with Gasteiger partial charge in [-0.05, 0) is 86.0 Å². The smallest absolute Gasteiger partial charge is 0.264 e. The Kier molecular flexibility index (Phi) is 12.4. The van der Waals surface area contributed by atoms with E-state index in [-0.39, 0.29) is 35.5 Å². The molecule has 11 heteroatoms. The van der Waals surface area contributed by atoms with Gasteiger partial charge in [-0.1, -0.05) is 108 Å². The van der Waals surface area contributed by atoms with E-state index >= 15 is 0 Å². The second-order valence-corrected chi connectivity index (χ2v) is 15.8. The molecule has 2 amide bonds. The summed E-state index contributed by atoms with van der Waals surface area (Å²) in [5.74, 6) is 0.172. The molecular formula is C42H41Cl2N3O5S. The fourth-order valence-electron chi connectivity index (χ4n) is 6.45. The predicted molar refractivity (Wildman–Crippen MR) is 210 cm³/mol. The lowest BCUT2D eigenvalue weighted by Crippen LogP contribution is -2.54. The Balaban J connectivity index is 1.41. The predicted octanol–water partition coefficient (Wildman–Crippen LogP) is 8.99. The van der Waals surface area contributed by atoms with Gasteiger partial charge in [0.15, 0.2) is 0 Å². The largest absolute Gasteiger partial charge is 0.457 e. The van der Waals surface area contributed by atoms with Crippen molar-refractivity contribution in [1.29, 1.82) is 0 Å². The molecular weight excluding hydrogens is 729 g/mol. The fourth-order valence-corrected chi connectivity index (χ4v) is 8.38. The van der Waals surface area contributed by atoms with Crippen molar-refractivity contribution in [1.82, 2.24) is 10.2 Å². The first kappa shape index (κ1) is 37.9. The second-order valence-electron chi connectivity index (χ2n) is 13.2. The molecule has 0 unspecified atom stereocenters. The molecule has 1 aliphatic rings. The highest BCUT2D eigenvalue weighted by molar-refractivity contribution is 7.92. The molecule has 274 valence electrons. The average molecular weight is 771 g/mol. The van der Waals surface area contributed by atoms with Crippen molar-refractivity contribution in [3.63, 3.8) is 0 Å². The maximum atomic E-state index is 14.9. The van der Waals surface area contributed by atoms with Gasteiger partial charge in [-0.2, -0.15) is 0 Å². The average Bonchev–Trinajstić information content (AvgIpc) is 3.67. The second kappa shape index (κ2) is 17.3. The van der Waals surface area contributed by atoms with Crippen molar-refractivity contribution in [3.8, 4) is 11.5 Å². The van der Waals surface area contributed by atoms with Gasteiger partial charge < -0.3 is 15.0 Å². The van der Waals surface area contributed by atoms with Crippen LogP contribution >= 0.6 is 23.2 Å². The lowest BCUT2D eigenvalue weighted by molar-refractivity contribution is -0.140. The summed E-state index contributed by atoms with van der Waals surface area (Å²) in [6, 6.07) is 35.6. The van der Waals surface area contributed by atoms with E-state index in [1.54, 1.807) is 54.6 Å². The number of aryl methyl sites for hydroxylation is 1. The molecule has 6 rings (SSSR count). The number of anilines is 1. The molecule has 1 fully saturated rings. The molecule has 0 radical (unpaired) electrons. The number of sulfonamides is 1. The summed E-state index contributed by atoms with van der Waals surface area (Å²) >= 11 is 13.3. The molecule has 5 aromatic rings. The van der Waals surface area contributed by atoms with Crippen molar-refractivity contribution in [2.75, 3.05) is 10.8 Å². The molecule has 5 aromatic carbocycles. The number of carbonyl (C=O) groups is 2. The van der Waals surface area contributed by atoms with Crippen LogP contribution in [0.3, 0.4) is 0 Å². The number of rotatable bonds is 14. The molecule has 1 aliphatic carbocycles. The van der Waals surface area contributed by atoms with Gasteiger partial charge in [0, 0.05) is 34.6 Å². The van der Waals surface area contributed by atoms with Crippen LogP contribution in [0.1, 0.15) is 42.4 Å². The summed E-state index contributed by atoms with van der Waals surface area (Å²) in [5, 5.41) is 3.82. The number of hydrogen-bond donors (Lipinski definition) is 1. The van der Waals surface area contributed by atoms with E-state index in [0.717, 1.165) is 41.1 Å². The van der Waals surface area contributed by atoms with Crippen molar-refractivity contribution < 1.29 is 22.7 Å². The summed E-state index contributed by atoms with van der Waals surface area (Å²) in [4.78, 5) is 30.6. The summed E-state index contributed by atoms with van der Waals surface area (Å²) in [6.45, 7) is 1.12. The molecule has 0 bridgehead atoms. The minimum atomic E-state index is -4.29. The Hall–Kier alpha value is -4.83. The van der Waals surface area contributed by atoms with E-state index in [0.29, 0.717) is 27.1 Å². The van der Waals surface area contributed by atoms with Gasteiger partial charge in [0.1, 0.15) is 24.1 Å². The van der Waals surface area contributed by atoms with Gasteiger partial charge in [-0.3, -0.25) is 13.9 Å². The van der Waals surface area contributed by atoms with Crippen LogP contribution in [-0.2, 0) is 32.6 Å². The Labute approximate surface area is 321 Å².